The molecule has 0 bridgehead atoms. The summed E-state index contributed by atoms with van der Waals surface area (Å²) in [5, 5.41) is 3.58. The normalized spacial score (nSPS) is 15.3. The Balaban J connectivity index is 0.00000225. The zero-order valence-electron chi connectivity index (χ0n) is 16.3. The van der Waals surface area contributed by atoms with Gasteiger partial charge in [-0.25, -0.2) is 0 Å². The van der Waals surface area contributed by atoms with E-state index in [-0.39, 0.29) is 18.3 Å². The van der Waals surface area contributed by atoms with Crippen molar-refractivity contribution in [1.82, 2.24) is 9.88 Å². The molecule has 1 aliphatic heterocycles. The first-order valence-corrected chi connectivity index (χ1v) is 9.56. The van der Waals surface area contributed by atoms with Gasteiger partial charge in [-0.15, -0.1) is 12.4 Å². The van der Waals surface area contributed by atoms with Gasteiger partial charge >= 0.3 is 0 Å². The highest BCUT2D eigenvalue weighted by atomic mass is 35.5. The fourth-order valence-corrected chi connectivity index (χ4v) is 3.60. The van der Waals surface area contributed by atoms with E-state index in [1.165, 1.54) is 5.56 Å². The van der Waals surface area contributed by atoms with Gasteiger partial charge in [-0.2, -0.15) is 0 Å². The number of aromatic nitrogens is 1. The van der Waals surface area contributed by atoms with E-state index in [4.69, 9.17) is 4.74 Å². The number of pyridine rings is 1. The van der Waals surface area contributed by atoms with Crippen LogP contribution in [0, 0.1) is 0 Å². The van der Waals surface area contributed by atoms with Crippen LogP contribution >= 0.6 is 12.4 Å². The van der Waals surface area contributed by atoms with E-state index in [1.807, 2.05) is 35.4 Å². The standard InChI is InChI=1S/C22H25N3O2.ClH/c1-15(2)24-21-18-4-3-5-20(18)23-14-19(21)16-6-8-17(9-7-16)22(26)25-10-12-27-13-11-25;/h3-4,6-9,14-15H,5,10-13H2,1-2H3,(H,23,24);1H. The van der Waals surface area contributed by atoms with E-state index >= 15 is 0 Å². The van der Waals surface area contributed by atoms with E-state index in [0.29, 0.717) is 37.9 Å². The summed E-state index contributed by atoms with van der Waals surface area (Å²) in [7, 11) is 0. The van der Waals surface area contributed by atoms with Gasteiger partial charge in [0, 0.05) is 48.4 Å². The first kappa shape index (κ1) is 20.4. The number of allylic oxidation sites excluding steroid dienone is 1. The maximum atomic E-state index is 12.6. The average molecular weight is 400 g/mol. The molecule has 0 spiro atoms. The summed E-state index contributed by atoms with van der Waals surface area (Å²) < 4.78 is 5.33. The molecule has 0 saturated carbocycles. The number of carbonyl (C=O) groups excluding carboxylic acids is 1. The molecular formula is C22H26ClN3O2. The van der Waals surface area contributed by atoms with Crippen LogP contribution in [0.5, 0.6) is 0 Å². The summed E-state index contributed by atoms with van der Waals surface area (Å²) in [6.07, 6.45) is 7.12. The van der Waals surface area contributed by atoms with Gasteiger partial charge in [0.1, 0.15) is 0 Å². The van der Waals surface area contributed by atoms with Crippen LogP contribution in [0.1, 0.15) is 35.5 Å². The second-order valence-corrected chi connectivity index (χ2v) is 7.29. The van der Waals surface area contributed by atoms with Crippen LogP contribution in [0.3, 0.4) is 0 Å². The Morgan fingerprint density at radius 2 is 1.89 bits per heavy atom. The SMILES string of the molecule is CC(C)Nc1c(-c2ccc(C(=O)N3CCOCC3)cc2)cnc2c1C=CC2.Cl. The number of nitrogens with zero attached hydrogens (tertiary/aromatic N) is 2. The van der Waals surface area contributed by atoms with Gasteiger partial charge in [0.05, 0.1) is 24.6 Å². The van der Waals surface area contributed by atoms with E-state index in [9.17, 15) is 4.79 Å². The molecule has 2 heterocycles. The summed E-state index contributed by atoms with van der Waals surface area (Å²) in [4.78, 5) is 19.1. The fourth-order valence-electron chi connectivity index (χ4n) is 3.60. The summed E-state index contributed by atoms with van der Waals surface area (Å²) >= 11 is 0. The van der Waals surface area contributed by atoms with Crippen molar-refractivity contribution in [3.8, 4) is 11.1 Å². The average Bonchev–Trinajstić information content (AvgIpc) is 3.17. The van der Waals surface area contributed by atoms with Gasteiger partial charge in [-0.1, -0.05) is 24.3 Å². The molecule has 1 aromatic carbocycles. The molecule has 1 aliphatic carbocycles. The maximum Gasteiger partial charge on any atom is 0.254 e. The summed E-state index contributed by atoms with van der Waals surface area (Å²) in [6.45, 7) is 6.82. The molecule has 1 saturated heterocycles. The lowest BCUT2D eigenvalue weighted by Gasteiger charge is -2.27. The molecule has 4 rings (SSSR count). The van der Waals surface area contributed by atoms with Crippen LogP contribution in [-0.4, -0.2) is 48.1 Å². The van der Waals surface area contributed by atoms with Crippen LogP contribution in [0.25, 0.3) is 17.2 Å². The Kier molecular flexibility index (Phi) is 6.37. The van der Waals surface area contributed by atoms with E-state index in [1.54, 1.807) is 0 Å². The Morgan fingerprint density at radius 1 is 1.18 bits per heavy atom. The van der Waals surface area contributed by atoms with E-state index in [2.05, 4.69) is 36.3 Å². The van der Waals surface area contributed by atoms with Crippen molar-refractivity contribution in [2.24, 2.45) is 0 Å². The number of ether oxygens (including phenoxy) is 1. The molecule has 6 heteroatoms. The number of hydrogen-bond acceptors (Lipinski definition) is 4. The Bertz CT molecular complexity index is 872. The smallest absolute Gasteiger partial charge is 0.254 e. The van der Waals surface area contributed by atoms with Crippen molar-refractivity contribution < 1.29 is 9.53 Å². The molecule has 1 aromatic heterocycles. The van der Waals surface area contributed by atoms with Gasteiger partial charge in [-0.3, -0.25) is 9.78 Å². The third-order valence-corrected chi connectivity index (χ3v) is 4.97. The van der Waals surface area contributed by atoms with Crippen molar-refractivity contribution in [1.29, 1.82) is 0 Å². The number of nitrogens with one attached hydrogen (secondary N) is 1. The van der Waals surface area contributed by atoms with Gasteiger partial charge in [-0.05, 0) is 31.5 Å². The topological polar surface area (TPSA) is 54.5 Å². The number of anilines is 1. The maximum absolute atomic E-state index is 12.6. The van der Waals surface area contributed by atoms with Gasteiger partial charge < -0.3 is 15.0 Å². The molecule has 0 unspecified atom stereocenters. The predicted octanol–water partition coefficient (Wildman–Crippen LogP) is 4.03. The molecule has 1 N–H and O–H groups in total. The van der Waals surface area contributed by atoms with Crippen molar-refractivity contribution in [3.63, 3.8) is 0 Å². The highest BCUT2D eigenvalue weighted by Crippen LogP contribution is 2.36. The zero-order chi connectivity index (χ0) is 18.8. The monoisotopic (exact) mass is 399 g/mol. The molecule has 5 nitrogen and oxygen atoms in total. The van der Waals surface area contributed by atoms with Crippen molar-refractivity contribution >= 4 is 30.1 Å². The Labute approximate surface area is 172 Å². The lowest BCUT2D eigenvalue weighted by atomic mass is 10.00. The van der Waals surface area contributed by atoms with Gasteiger partial charge in [0.15, 0.2) is 0 Å². The second-order valence-electron chi connectivity index (χ2n) is 7.29. The minimum Gasteiger partial charge on any atom is -0.382 e. The second kappa shape index (κ2) is 8.76. The number of hydrogen-bond donors (Lipinski definition) is 1. The van der Waals surface area contributed by atoms with Crippen molar-refractivity contribution in [2.75, 3.05) is 31.6 Å². The molecule has 2 aromatic rings. The van der Waals surface area contributed by atoms with Crippen LogP contribution < -0.4 is 5.32 Å². The third-order valence-electron chi connectivity index (χ3n) is 4.97. The molecule has 2 aliphatic rings. The molecule has 1 fully saturated rings. The predicted molar refractivity (Wildman–Crippen MR) is 115 cm³/mol. The Hall–Kier alpha value is -2.37. The Morgan fingerprint density at radius 3 is 2.57 bits per heavy atom. The summed E-state index contributed by atoms with van der Waals surface area (Å²) in [5.74, 6) is 0.0698. The number of amides is 1. The van der Waals surface area contributed by atoms with Crippen molar-refractivity contribution in [2.45, 2.75) is 26.3 Å². The fraction of sp³-hybridized carbons (Fsp3) is 0.364. The first-order chi connectivity index (χ1) is 13.1. The molecule has 28 heavy (non-hydrogen) atoms. The molecule has 1 amide bonds. The number of rotatable bonds is 4. The lowest BCUT2D eigenvalue weighted by Crippen LogP contribution is -2.40. The van der Waals surface area contributed by atoms with Crippen molar-refractivity contribution in [3.05, 3.63) is 53.4 Å². The number of benzene rings is 1. The third kappa shape index (κ3) is 4.05. The van der Waals surface area contributed by atoms with Gasteiger partial charge in [0.2, 0.25) is 0 Å². The first-order valence-electron chi connectivity index (χ1n) is 9.56. The van der Waals surface area contributed by atoms with E-state index in [0.717, 1.165) is 28.9 Å². The molecule has 148 valence electrons. The highest BCUT2D eigenvalue weighted by Gasteiger charge is 2.20. The number of halogens is 1. The molecular weight excluding hydrogens is 374 g/mol. The van der Waals surface area contributed by atoms with Crippen LogP contribution in [0.2, 0.25) is 0 Å². The number of carbonyl (C=O) groups is 1. The summed E-state index contributed by atoms with van der Waals surface area (Å²) in [6, 6.07) is 8.18. The van der Waals surface area contributed by atoms with Gasteiger partial charge in [0.25, 0.3) is 5.91 Å². The number of morpholine rings is 1. The zero-order valence-corrected chi connectivity index (χ0v) is 17.1. The lowest BCUT2D eigenvalue weighted by molar-refractivity contribution is 0.0303. The largest absolute Gasteiger partial charge is 0.382 e. The minimum atomic E-state index is 0. The highest BCUT2D eigenvalue weighted by molar-refractivity contribution is 5.95. The van der Waals surface area contributed by atoms with Crippen LogP contribution in [-0.2, 0) is 11.2 Å². The van der Waals surface area contributed by atoms with E-state index < -0.39 is 0 Å². The number of fused-ring (bicyclic) bond motifs is 1. The quantitative estimate of drug-likeness (QED) is 0.843. The molecule has 0 atom stereocenters. The summed E-state index contributed by atoms with van der Waals surface area (Å²) in [5.41, 5.74) is 6.26. The van der Waals surface area contributed by atoms with Crippen LogP contribution in [0.4, 0.5) is 5.69 Å². The van der Waals surface area contributed by atoms with Crippen LogP contribution in [0.15, 0.2) is 36.5 Å². The minimum absolute atomic E-state index is 0. The molecule has 0 radical (unpaired) electrons.